The van der Waals surface area contributed by atoms with Gasteiger partial charge in [0.1, 0.15) is 0 Å². The molecule has 2 fully saturated rings. The van der Waals surface area contributed by atoms with Crippen molar-refractivity contribution >= 4 is 27.5 Å². The van der Waals surface area contributed by atoms with Crippen LogP contribution in [0.3, 0.4) is 0 Å². The summed E-state index contributed by atoms with van der Waals surface area (Å²) in [6, 6.07) is 5.41. The molecule has 0 aromatic heterocycles. The standard InChI is InChI=1S/C14H17BrN2O2/c15-10-4-3-9(7-11(10)16)14(18)17-12-5-6-19-13(12)8-1-2-8/h3-4,7-8,12-13H,1-2,5-6,16H2,(H,17,18). The van der Waals surface area contributed by atoms with Crippen LogP contribution in [0.1, 0.15) is 29.6 Å². The fourth-order valence-corrected chi connectivity index (χ4v) is 2.84. The van der Waals surface area contributed by atoms with Gasteiger partial charge >= 0.3 is 0 Å². The number of nitrogens with two attached hydrogens (primary N) is 1. The van der Waals surface area contributed by atoms with Crippen molar-refractivity contribution in [2.24, 2.45) is 5.92 Å². The molecule has 1 heterocycles. The molecule has 1 aliphatic heterocycles. The van der Waals surface area contributed by atoms with Gasteiger partial charge in [-0.2, -0.15) is 0 Å². The number of hydrogen-bond donors (Lipinski definition) is 2. The van der Waals surface area contributed by atoms with Gasteiger partial charge in [0.25, 0.3) is 5.91 Å². The van der Waals surface area contributed by atoms with Crippen molar-refractivity contribution in [3.8, 4) is 0 Å². The van der Waals surface area contributed by atoms with Gasteiger partial charge in [-0.1, -0.05) is 0 Å². The number of amides is 1. The number of anilines is 1. The minimum Gasteiger partial charge on any atom is -0.398 e. The van der Waals surface area contributed by atoms with Crippen molar-refractivity contribution in [3.05, 3.63) is 28.2 Å². The first-order valence-corrected chi connectivity index (χ1v) is 7.42. The maximum atomic E-state index is 12.2. The second kappa shape index (κ2) is 5.13. The summed E-state index contributed by atoms with van der Waals surface area (Å²) >= 11 is 3.33. The van der Waals surface area contributed by atoms with E-state index >= 15 is 0 Å². The highest BCUT2D eigenvalue weighted by molar-refractivity contribution is 9.10. The van der Waals surface area contributed by atoms with Crippen molar-refractivity contribution in [1.82, 2.24) is 5.32 Å². The molecule has 2 unspecified atom stereocenters. The summed E-state index contributed by atoms with van der Waals surface area (Å²) in [6.45, 7) is 0.745. The number of hydrogen-bond acceptors (Lipinski definition) is 3. The molecule has 1 amide bonds. The van der Waals surface area contributed by atoms with Crippen molar-refractivity contribution in [2.45, 2.75) is 31.4 Å². The lowest BCUT2D eigenvalue weighted by atomic mass is 10.1. The Labute approximate surface area is 120 Å². The van der Waals surface area contributed by atoms with Crippen LogP contribution in [0.5, 0.6) is 0 Å². The molecule has 3 N–H and O–H groups in total. The van der Waals surface area contributed by atoms with Crippen LogP contribution in [0, 0.1) is 5.92 Å². The maximum Gasteiger partial charge on any atom is 0.251 e. The highest BCUT2D eigenvalue weighted by Gasteiger charge is 2.41. The molecule has 1 saturated heterocycles. The topological polar surface area (TPSA) is 64.4 Å². The number of halogens is 1. The smallest absolute Gasteiger partial charge is 0.251 e. The largest absolute Gasteiger partial charge is 0.398 e. The zero-order valence-corrected chi connectivity index (χ0v) is 12.2. The van der Waals surface area contributed by atoms with E-state index in [0.29, 0.717) is 17.2 Å². The number of benzene rings is 1. The van der Waals surface area contributed by atoms with E-state index in [4.69, 9.17) is 10.5 Å². The van der Waals surface area contributed by atoms with Gasteiger partial charge in [-0.25, -0.2) is 0 Å². The molecule has 1 aromatic rings. The zero-order chi connectivity index (χ0) is 13.4. The van der Waals surface area contributed by atoms with Gasteiger partial charge in [0.15, 0.2) is 0 Å². The van der Waals surface area contributed by atoms with E-state index in [1.807, 2.05) is 0 Å². The zero-order valence-electron chi connectivity index (χ0n) is 10.6. The Balaban J connectivity index is 1.68. The average Bonchev–Trinajstić information content (AvgIpc) is 3.13. The molecule has 0 spiro atoms. The monoisotopic (exact) mass is 324 g/mol. The highest BCUT2D eigenvalue weighted by Crippen LogP contribution is 2.38. The molecule has 102 valence electrons. The number of nitrogen functional groups attached to an aromatic ring is 1. The van der Waals surface area contributed by atoms with E-state index in [1.165, 1.54) is 12.8 Å². The van der Waals surface area contributed by atoms with Crippen molar-refractivity contribution in [1.29, 1.82) is 0 Å². The van der Waals surface area contributed by atoms with Crippen LogP contribution in [-0.4, -0.2) is 24.7 Å². The van der Waals surface area contributed by atoms with Gasteiger partial charge in [0.05, 0.1) is 12.1 Å². The quantitative estimate of drug-likeness (QED) is 0.839. The number of carbonyl (C=O) groups excluding carboxylic acids is 1. The third kappa shape index (κ3) is 2.77. The average molecular weight is 325 g/mol. The maximum absolute atomic E-state index is 12.2. The Kier molecular flexibility index (Phi) is 3.50. The van der Waals surface area contributed by atoms with Crippen LogP contribution in [0.4, 0.5) is 5.69 Å². The van der Waals surface area contributed by atoms with Crippen molar-refractivity contribution < 1.29 is 9.53 Å². The molecule has 0 bridgehead atoms. The molecular weight excluding hydrogens is 308 g/mol. The minimum atomic E-state index is -0.0691. The first kappa shape index (κ1) is 12.9. The molecular formula is C14H17BrN2O2. The van der Waals surface area contributed by atoms with E-state index in [0.717, 1.165) is 17.5 Å². The first-order chi connectivity index (χ1) is 9.15. The molecule has 4 nitrogen and oxygen atoms in total. The lowest BCUT2D eigenvalue weighted by molar-refractivity contribution is 0.0729. The number of nitrogens with one attached hydrogen (secondary N) is 1. The Morgan fingerprint density at radius 3 is 2.84 bits per heavy atom. The second-order valence-electron chi connectivity index (χ2n) is 5.28. The van der Waals surface area contributed by atoms with Crippen molar-refractivity contribution in [3.63, 3.8) is 0 Å². The molecule has 3 rings (SSSR count). The van der Waals surface area contributed by atoms with Gasteiger partial charge in [0, 0.05) is 22.3 Å². The summed E-state index contributed by atoms with van der Waals surface area (Å²) in [4.78, 5) is 12.2. The Morgan fingerprint density at radius 1 is 1.37 bits per heavy atom. The Morgan fingerprint density at radius 2 is 2.16 bits per heavy atom. The summed E-state index contributed by atoms with van der Waals surface area (Å²) in [5.41, 5.74) is 6.98. The van der Waals surface area contributed by atoms with Gasteiger partial charge in [-0.05, 0) is 59.3 Å². The van der Waals surface area contributed by atoms with E-state index in [1.54, 1.807) is 18.2 Å². The summed E-state index contributed by atoms with van der Waals surface area (Å²) in [6.07, 6.45) is 3.56. The van der Waals surface area contributed by atoms with Crippen LogP contribution in [0.15, 0.2) is 22.7 Å². The van der Waals surface area contributed by atoms with Crippen LogP contribution in [0.25, 0.3) is 0 Å². The Hall–Kier alpha value is -1.07. The highest BCUT2D eigenvalue weighted by atomic mass is 79.9. The van der Waals surface area contributed by atoms with Gasteiger partial charge < -0.3 is 15.8 Å². The summed E-state index contributed by atoms with van der Waals surface area (Å²) in [5.74, 6) is 0.572. The van der Waals surface area contributed by atoms with Gasteiger partial charge in [0.2, 0.25) is 0 Å². The number of ether oxygens (including phenoxy) is 1. The van der Waals surface area contributed by atoms with Gasteiger partial charge in [-0.15, -0.1) is 0 Å². The van der Waals surface area contributed by atoms with Crippen LogP contribution in [-0.2, 0) is 4.74 Å². The summed E-state index contributed by atoms with van der Waals surface area (Å²) in [5, 5.41) is 3.08. The first-order valence-electron chi connectivity index (χ1n) is 6.62. The van der Waals surface area contributed by atoms with E-state index < -0.39 is 0 Å². The lowest BCUT2D eigenvalue weighted by Crippen LogP contribution is -2.41. The molecule has 19 heavy (non-hydrogen) atoms. The lowest BCUT2D eigenvalue weighted by Gasteiger charge is -2.19. The molecule has 1 saturated carbocycles. The number of carbonyl (C=O) groups is 1. The predicted molar refractivity (Wildman–Crippen MR) is 76.9 cm³/mol. The van der Waals surface area contributed by atoms with Crippen molar-refractivity contribution in [2.75, 3.05) is 12.3 Å². The third-order valence-electron chi connectivity index (χ3n) is 3.80. The predicted octanol–water partition coefficient (Wildman–Crippen LogP) is 2.33. The normalized spacial score (nSPS) is 26.4. The minimum absolute atomic E-state index is 0.0691. The Bertz CT molecular complexity index is 502. The SMILES string of the molecule is Nc1cc(C(=O)NC2CCOC2C2CC2)ccc1Br. The molecule has 2 atom stereocenters. The fraction of sp³-hybridized carbons (Fsp3) is 0.500. The van der Waals surface area contributed by atoms with Crippen LogP contribution >= 0.6 is 15.9 Å². The third-order valence-corrected chi connectivity index (χ3v) is 4.52. The van der Waals surface area contributed by atoms with E-state index in [2.05, 4.69) is 21.2 Å². The molecule has 2 aliphatic rings. The molecule has 0 radical (unpaired) electrons. The molecule has 5 heteroatoms. The number of rotatable bonds is 3. The van der Waals surface area contributed by atoms with Crippen LogP contribution in [0.2, 0.25) is 0 Å². The second-order valence-corrected chi connectivity index (χ2v) is 6.13. The van der Waals surface area contributed by atoms with E-state index in [9.17, 15) is 4.79 Å². The fourth-order valence-electron chi connectivity index (χ4n) is 2.59. The summed E-state index contributed by atoms with van der Waals surface area (Å²) in [7, 11) is 0. The van der Waals surface area contributed by atoms with E-state index in [-0.39, 0.29) is 18.1 Å². The van der Waals surface area contributed by atoms with Crippen LogP contribution < -0.4 is 11.1 Å². The summed E-state index contributed by atoms with van der Waals surface area (Å²) < 4.78 is 6.53. The van der Waals surface area contributed by atoms with Gasteiger partial charge in [-0.3, -0.25) is 4.79 Å². The molecule has 1 aromatic carbocycles. The molecule has 1 aliphatic carbocycles.